The maximum atomic E-state index is 13.1. The Hall–Kier alpha value is -2.57. The molecule has 1 aliphatic carbocycles. The Balaban J connectivity index is 1.63. The van der Waals surface area contributed by atoms with Gasteiger partial charge in [0.25, 0.3) is 0 Å². The molecule has 2 aliphatic rings. The Bertz CT molecular complexity index is 1070. The normalized spacial score (nSPS) is 21.6. The number of furan rings is 1. The van der Waals surface area contributed by atoms with Crippen molar-refractivity contribution >= 4 is 34.9 Å². The number of nitrogens with zero attached hydrogens (tertiary/aromatic N) is 3. The summed E-state index contributed by atoms with van der Waals surface area (Å²) < 4.78 is 7.24. The fourth-order valence-electron chi connectivity index (χ4n) is 3.87. The predicted octanol–water partition coefficient (Wildman–Crippen LogP) is 4.59. The van der Waals surface area contributed by atoms with E-state index >= 15 is 0 Å². The van der Waals surface area contributed by atoms with Gasteiger partial charge in [0.15, 0.2) is 5.78 Å². The third-order valence-electron chi connectivity index (χ3n) is 5.07. The molecule has 2 atom stereocenters. The molecule has 3 heterocycles. The molecule has 0 saturated heterocycles. The molecule has 8 heteroatoms. The molecule has 3 aromatic rings. The maximum absolute atomic E-state index is 13.1. The number of nitrogens with one attached hydrogen (secondary N) is 1. The van der Waals surface area contributed by atoms with Crippen LogP contribution in [0.2, 0.25) is 10.0 Å². The molecule has 5 rings (SSSR count). The van der Waals surface area contributed by atoms with E-state index in [4.69, 9.17) is 27.6 Å². The highest BCUT2D eigenvalue weighted by atomic mass is 35.5. The van der Waals surface area contributed by atoms with Crippen LogP contribution in [0.25, 0.3) is 0 Å². The minimum Gasteiger partial charge on any atom is -0.469 e. The summed E-state index contributed by atoms with van der Waals surface area (Å²) in [6, 6.07) is 8.74. The van der Waals surface area contributed by atoms with E-state index < -0.39 is 6.04 Å². The molecule has 0 bridgehead atoms. The summed E-state index contributed by atoms with van der Waals surface area (Å²) in [5.41, 5.74) is 2.38. The Morgan fingerprint density at radius 2 is 2.07 bits per heavy atom. The average molecular weight is 401 g/mol. The number of carbonyl (C=O) groups excluding carboxylic acids is 1. The van der Waals surface area contributed by atoms with Crippen LogP contribution in [0.5, 0.6) is 0 Å². The van der Waals surface area contributed by atoms with E-state index in [0.29, 0.717) is 34.4 Å². The van der Waals surface area contributed by atoms with Gasteiger partial charge in [0.1, 0.15) is 18.1 Å². The Morgan fingerprint density at radius 1 is 1.19 bits per heavy atom. The van der Waals surface area contributed by atoms with Crippen molar-refractivity contribution in [2.75, 3.05) is 5.32 Å². The van der Waals surface area contributed by atoms with Crippen LogP contribution in [0.3, 0.4) is 0 Å². The third-order valence-corrected chi connectivity index (χ3v) is 5.81. The monoisotopic (exact) mass is 400 g/mol. The van der Waals surface area contributed by atoms with Crippen LogP contribution in [0, 0.1) is 0 Å². The number of benzene rings is 1. The second-order valence-electron chi connectivity index (χ2n) is 6.67. The quantitative estimate of drug-likeness (QED) is 0.680. The number of fused-ring (bicyclic) bond motifs is 1. The van der Waals surface area contributed by atoms with Crippen LogP contribution >= 0.6 is 23.2 Å². The van der Waals surface area contributed by atoms with Gasteiger partial charge in [-0.15, -0.1) is 0 Å². The smallest absolute Gasteiger partial charge is 0.226 e. The molecule has 0 radical (unpaired) electrons. The van der Waals surface area contributed by atoms with Crippen molar-refractivity contribution in [2.24, 2.45) is 0 Å². The zero-order valence-corrected chi connectivity index (χ0v) is 15.5. The van der Waals surface area contributed by atoms with Crippen molar-refractivity contribution in [1.82, 2.24) is 14.8 Å². The number of halogens is 2. The Morgan fingerprint density at radius 3 is 2.85 bits per heavy atom. The number of aromatic nitrogens is 3. The van der Waals surface area contributed by atoms with Gasteiger partial charge in [0.2, 0.25) is 5.95 Å². The van der Waals surface area contributed by atoms with E-state index in [9.17, 15) is 4.79 Å². The molecule has 0 fully saturated rings. The van der Waals surface area contributed by atoms with Crippen molar-refractivity contribution in [2.45, 2.75) is 24.8 Å². The summed E-state index contributed by atoms with van der Waals surface area (Å²) in [4.78, 5) is 17.4. The lowest BCUT2D eigenvalue weighted by molar-refractivity contribution is -0.117. The fourth-order valence-corrected chi connectivity index (χ4v) is 4.17. The van der Waals surface area contributed by atoms with Crippen molar-refractivity contribution in [3.8, 4) is 0 Å². The third kappa shape index (κ3) is 2.67. The van der Waals surface area contributed by atoms with Gasteiger partial charge in [-0.3, -0.25) is 4.79 Å². The molecule has 2 aromatic heterocycles. The average Bonchev–Trinajstić information content (AvgIpc) is 3.33. The molecule has 1 aliphatic heterocycles. The van der Waals surface area contributed by atoms with Gasteiger partial charge < -0.3 is 9.73 Å². The number of ketones is 1. The predicted molar refractivity (Wildman–Crippen MR) is 101 cm³/mol. The topological polar surface area (TPSA) is 73.0 Å². The number of allylic oxidation sites excluding steroid dienone is 2. The second kappa shape index (κ2) is 6.25. The molecular formula is C19H14Cl2N4O2. The van der Waals surface area contributed by atoms with Crippen molar-refractivity contribution < 1.29 is 9.21 Å². The first-order valence-electron chi connectivity index (χ1n) is 8.53. The number of Topliss-reactive ketones (excluding diaryl/α,β-unsaturated/α-hetero) is 1. The van der Waals surface area contributed by atoms with Gasteiger partial charge in [-0.25, -0.2) is 4.68 Å². The molecule has 0 saturated carbocycles. The van der Waals surface area contributed by atoms with Crippen LogP contribution < -0.4 is 5.32 Å². The summed E-state index contributed by atoms with van der Waals surface area (Å²) in [5.74, 6) is 1.47. The van der Waals surface area contributed by atoms with Gasteiger partial charge in [0.05, 0.1) is 16.3 Å². The first-order valence-corrected chi connectivity index (χ1v) is 9.28. The lowest BCUT2D eigenvalue weighted by Gasteiger charge is -2.34. The lowest BCUT2D eigenvalue weighted by Crippen LogP contribution is -2.33. The highest BCUT2D eigenvalue weighted by molar-refractivity contribution is 6.42. The number of hydrogen-bond donors (Lipinski definition) is 1. The minimum atomic E-state index is -0.390. The Kier molecular flexibility index (Phi) is 3.84. The zero-order chi connectivity index (χ0) is 18.5. The summed E-state index contributed by atoms with van der Waals surface area (Å²) in [6.07, 6.45) is 4.15. The highest BCUT2D eigenvalue weighted by Gasteiger charge is 2.39. The Labute approximate surface area is 164 Å². The van der Waals surface area contributed by atoms with E-state index in [-0.39, 0.29) is 11.7 Å². The molecule has 0 spiro atoms. The van der Waals surface area contributed by atoms with Crippen molar-refractivity contribution in [1.29, 1.82) is 0 Å². The molecule has 6 nitrogen and oxygen atoms in total. The summed E-state index contributed by atoms with van der Waals surface area (Å²) in [5, 5.41) is 8.50. The largest absolute Gasteiger partial charge is 0.469 e. The molecular weight excluding hydrogens is 387 g/mol. The fraction of sp³-hybridized carbons (Fsp3) is 0.211. The lowest BCUT2D eigenvalue weighted by atomic mass is 9.79. The van der Waals surface area contributed by atoms with Crippen LogP contribution in [-0.4, -0.2) is 20.5 Å². The van der Waals surface area contributed by atoms with Crippen LogP contribution in [0.4, 0.5) is 5.95 Å². The summed E-state index contributed by atoms with van der Waals surface area (Å²) in [6.45, 7) is 0. The van der Waals surface area contributed by atoms with E-state index in [1.807, 2.05) is 18.2 Å². The maximum Gasteiger partial charge on any atom is 0.226 e. The molecule has 27 heavy (non-hydrogen) atoms. The first-order chi connectivity index (χ1) is 13.1. The first kappa shape index (κ1) is 16.6. The van der Waals surface area contributed by atoms with Gasteiger partial charge >= 0.3 is 0 Å². The number of carbonyl (C=O) groups is 1. The van der Waals surface area contributed by atoms with E-state index in [1.165, 1.54) is 6.33 Å². The number of hydrogen-bond acceptors (Lipinski definition) is 5. The van der Waals surface area contributed by atoms with Crippen molar-refractivity contribution in [3.05, 3.63) is 75.6 Å². The summed E-state index contributed by atoms with van der Waals surface area (Å²) in [7, 11) is 0. The molecule has 136 valence electrons. The molecule has 0 amide bonds. The molecule has 0 unspecified atom stereocenters. The zero-order valence-electron chi connectivity index (χ0n) is 14.0. The minimum absolute atomic E-state index is 0.00248. The molecule has 1 aromatic carbocycles. The van der Waals surface area contributed by atoms with Crippen LogP contribution in [0.1, 0.15) is 36.1 Å². The van der Waals surface area contributed by atoms with Gasteiger partial charge in [0, 0.05) is 23.6 Å². The van der Waals surface area contributed by atoms with Crippen molar-refractivity contribution in [3.63, 3.8) is 0 Å². The van der Waals surface area contributed by atoms with Gasteiger partial charge in [-0.2, -0.15) is 10.1 Å². The second-order valence-corrected chi connectivity index (χ2v) is 7.48. The number of anilines is 1. The van der Waals surface area contributed by atoms with Crippen LogP contribution in [-0.2, 0) is 4.79 Å². The van der Waals surface area contributed by atoms with Crippen LogP contribution in [0.15, 0.2) is 58.6 Å². The molecule has 1 N–H and O–H groups in total. The number of rotatable bonds is 2. The highest BCUT2D eigenvalue weighted by Crippen LogP contribution is 2.44. The SMILES string of the molecule is O=C1C[C@H](c2ccco2)CC2=C1[C@H](c1ccc(Cl)c(Cl)c1)n1ncnc1N2. The van der Waals surface area contributed by atoms with Gasteiger partial charge in [-0.05, 0) is 36.2 Å². The van der Waals surface area contributed by atoms with E-state index in [1.54, 1.807) is 23.1 Å². The van der Waals surface area contributed by atoms with Gasteiger partial charge in [-0.1, -0.05) is 29.3 Å². The standard InChI is InChI=1S/C19H14Cl2N4O2/c20-12-4-3-10(6-13(12)21)18-17-14(24-19-22-9-23-25(18)19)7-11(8-15(17)26)16-2-1-5-27-16/h1-6,9,11,18H,7-8H2,(H,22,23,24)/t11-,18+/m1/s1. The van der Waals surface area contributed by atoms with E-state index in [0.717, 1.165) is 17.0 Å². The summed E-state index contributed by atoms with van der Waals surface area (Å²) >= 11 is 12.3. The van der Waals surface area contributed by atoms with E-state index in [2.05, 4.69) is 15.4 Å².